The quantitative estimate of drug-likeness (QED) is 0.216. The molecule has 1 atom stereocenters. The Morgan fingerprint density at radius 1 is 0.978 bits per heavy atom. The van der Waals surface area contributed by atoms with E-state index < -0.39 is 12.0 Å². The number of allylic oxidation sites excluding steroid dienone is 1. The molecule has 0 unspecified atom stereocenters. The van der Waals surface area contributed by atoms with Crippen LogP contribution in [0.4, 0.5) is 4.39 Å². The van der Waals surface area contributed by atoms with E-state index in [-0.39, 0.29) is 30.2 Å². The summed E-state index contributed by atoms with van der Waals surface area (Å²) in [6.45, 7) is 5.96. The van der Waals surface area contributed by atoms with Crippen molar-refractivity contribution in [3.63, 3.8) is 0 Å². The van der Waals surface area contributed by atoms with Gasteiger partial charge in [-0.15, -0.1) is 0 Å². The second-order valence-corrected chi connectivity index (χ2v) is 11.0. The maximum atomic E-state index is 14.1. The van der Waals surface area contributed by atoms with Crippen LogP contribution in [0.3, 0.4) is 0 Å². The van der Waals surface area contributed by atoms with Gasteiger partial charge in [-0.1, -0.05) is 41.7 Å². The standard InChI is InChI=1S/C34H33FN2O7S/c1-6-42-31-24(12-9-13-26(31)40-4)30-29(33(39)43-7-2)20(3)36-34-37(30)32(38)28(45-34)18-21-14-15-25(27(17-21)41-5)44-19-22-10-8-11-23(35)16-22/h8-18,30H,6-7,19H2,1-5H3/b28-18-/t30-/m1/s1. The van der Waals surface area contributed by atoms with Crippen molar-refractivity contribution in [2.45, 2.75) is 33.4 Å². The van der Waals surface area contributed by atoms with Crippen LogP contribution in [0, 0.1) is 5.82 Å². The molecule has 45 heavy (non-hydrogen) atoms. The molecule has 11 heteroatoms. The second kappa shape index (κ2) is 13.8. The van der Waals surface area contributed by atoms with Crippen LogP contribution < -0.4 is 33.8 Å². The highest BCUT2D eigenvalue weighted by Crippen LogP contribution is 2.40. The number of para-hydroxylation sites is 1. The van der Waals surface area contributed by atoms with Crippen molar-refractivity contribution in [2.24, 2.45) is 4.99 Å². The number of benzene rings is 3. The molecule has 234 valence electrons. The third-order valence-electron chi connectivity index (χ3n) is 7.10. The average molecular weight is 633 g/mol. The molecule has 0 bridgehead atoms. The molecule has 0 amide bonds. The molecule has 3 aromatic carbocycles. The molecule has 2 heterocycles. The molecular formula is C34H33FN2O7S. The number of thiazole rings is 1. The molecule has 5 rings (SSSR count). The van der Waals surface area contributed by atoms with E-state index in [4.69, 9.17) is 23.7 Å². The van der Waals surface area contributed by atoms with Crippen molar-refractivity contribution in [3.8, 4) is 23.0 Å². The highest BCUT2D eigenvalue weighted by Gasteiger charge is 2.36. The van der Waals surface area contributed by atoms with E-state index in [2.05, 4.69) is 4.99 Å². The van der Waals surface area contributed by atoms with Crippen LogP contribution in [0.25, 0.3) is 6.08 Å². The van der Waals surface area contributed by atoms with E-state index >= 15 is 0 Å². The summed E-state index contributed by atoms with van der Waals surface area (Å²) in [7, 11) is 3.05. The number of carbonyl (C=O) groups is 1. The molecule has 0 spiro atoms. The number of hydrogen-bond donors (Lipinski definition) is 0. The van der Waals surface area contributed by atoms with E-state index in [1.165, 1.54) is 42.3 Å². The number of hydrogen-bond acceptors (Lipinski definition) is 9. The van der Waals surface area contributed by atoms with Crippen LogP contribution in [0.1, 0.15) is 43.5 Å². The van der Waals surface area contributed by atoms with Crippen LogP contribution in [-0.4, -0.2) is 38.0 Å². The van der Waals surface area contributed by atoms with Crippen LogP contribution in [0.15, 0.2) is 81.7 Å². The summed E-state index contributed by atoms with van der Waals surface area (Å²) in [5, 5.41) is 0. The first-order valence-corrected chi connectivity index (χ1v) is 15.2. The molecular weight excluding hydrogens is 599 g/mol. The fraction of sp³-hybridized carbons (Fsp3) is 0.265. The summed E-state index contributed by atoms with van der Waals surface area (Å²) >= 11 is 1.20. The van der Waals surface area contributed by atoms with Crippen LogP contribution in [0.2, 0.25) is 0 Å². The number of nitrogens with zero attached hydrogens (tertiary/aromatic N) is 2. The number of aromatic nitrogens is 1. The Bertz CT molecular complexity index is 1950. The predicted octanol–water partition coefficient (Wildman–Crippen LogP) is 4.93. The number of methoxy groups -OCH3 is 2. The molecule has 1 aliphatic rings. The molecule has 0 radical (unpaired) electrons. The fourth-order valence-corrected chi connectivity index (χ4v) is 6.17. The van der Waals surface area contributed by atoms with Gasteiger partial charge < -0.3 is 23.7 Å². The van der Waals surface area contributed by atoms with Gasteiger partial charge in [0, 0.05) is 5.56 Å². The summed E-state index contributed by atoms with van der Waals surface area (Å²) in [6.07, 6.45) is 1.73. The summed E-state index contributed by atoms with van der Waals surface area (Å²) in [4.78, 5) is 32.5. The Hall–Kier alpha value is -4.90. The maximum absolute atomic E-state index is 14.1. The van der Waals surface area contributed by atoms with Gasteiger partial charge in [0.1, 0.15) is 18.5 Å². The zero-order valence-electron chi connectivity index (χ0n) is 25.6. The van der Waals surface area contributed by atoms with E-state index in [0.29, 0.717) is 61.3 Å². The highest BCUT2D eigenvalue weighted by atomic mass is 32.1. The highest BCUT2D eigenvalue weighted by molar-refractivity contribution is 7.07. The molecule has 9 nitrogen and oxygen atoms in total. The number of ether oxygens (including phenoxy) is 5. The van der Waals surface area contributed by atoms with Gasteiger partial charge in [-0.2, -0.15) is 0 Å². The van der Waals surface area contributed by atoms with Gasteiger partial charge in [0.05, 0.1) is 43.2 Å². The third-order valence-corrected chi connectivity index (χ3v) is 8.08. The van der Waals surface area contributed by atoms with Crippen molar-refractivity contribution in [1.82, 2.24) is 4.57 Å². The normalized spacial score (nSPS) is 14.4. The second-order valence-electron chi connectivity index (χ2n) is 9.94. The lowest BCUT2D eigenvalue weighted by Gasteiger charge is -2.26. The minimum atomic E-state index is -0.868. The zero-order chi connectivity index (χ0) is 32.1. The molecule has 0 aliphatic carbocycles. The Morgan fingerprint density at radius 3 is 2.47 bits per heavy atom. The van der Waals surface area contributed by atoms with Crippen LogP contribution in [-0.2, 0) is 16.1 Å². The van der Waals surface area contributed by atoms with E-state index in [1.54, 1.807) is 68.5 Å². The average Bonchev–Trinajstić information content (AvgIpc) is 3.33. The van der Waals surface area contributed by atoms with Gasteiger partial charge >= 0.3 is 5.97 Å². The number of carbonyl (C=O) groups excluding carboxylic acids is 1. The van der Waals surface area contributed by atoms with Crippen LogP contribution >= 0.6 is 11.3 Å². The summed E-state index contributed by atoms with van der Waals surface area (Å²) in [5.41, 5.74) is 2.28. The fourth-order valence-electron chi connectivity index (χ4n) is 5.13. The number of esters is 1. The number of halogens is 1. The molecule has 1 aliphatic heterocycles. The Kier molecular flexibility index (Phi) is 9.68. The van der Waals surface area contributed by atoms with Gasteiger partial charge in [-0.25, -0.2) is 14.2 Å². The van der Waals surface area contributed by atoms with E-state index in [9.17, 15) is 14.0 Å². The van der Waals surface area contributed by atoms with Crippen molar-refractivity contribution >= 4 is 23.4 Å². The number of rotatable bonds is 11. The van der Waals surface area contributed by atoms with Gasteiger partial charge in [0.15, 0.2) is 27.8 Å². The Morgan fingerprint density at radius 2 is 1.76 bits per heavy atom. The molecule has 1 aromatic heterocycles. The Labute approximate surface area is 263 Å². The lowest BCUT2D eigenvalue weighted by Crippen LogP contribution is -2.40. The minimum Gasteiger partial charge on any atom is -0.493 e. The molecule has 0 fully saturated rings. The summed E-state index contributed by atoms with van der Waals surface area (Å²) < 4.78 is 43.9. The van der Waals surface area contributed by atoms with Gasteiger partial charge in [0.25, 0.3) is 5.56 Å². The van der Waals surface area contributed by atoms with Crippen molar-refractivity contribution in [1.29, 1.82) is 0 Å². The smallest absolute Gasteiger partial charge is 0.338 e. The zero-order valence-corrected chi connectivity index (χ0v) is 26.4. The topological polar surface area (TPSA) is 97.6 Å². The van der Waals surface area contributed by atoms with E-state index in [0.717, 1.165) is 0 Å². The van der Waals surface area contributed by atoms with Crippen molar-refractivity contribution in [3.05, 3.63) is 114 Å². The number of fused-ring (bicyclic) bond motifs is 1. The maximum Gasteiger partial charge on any atom is 0.338 e. The van der Waals surface area contributed by atoms with Crippen molar-refractivity contribution in [2.75, 3.05) is 27.4 Å². The summed E-state index contributed by atoms with van der Waals surface area (Å²) in [6, 6.07) is 15.9. The van der Waals surface area contributed by atoms with Gasteiger partial charge in [-0.3, -0.25) is 9.36 Å². The van der Waals surface area contributed by atoms with Crippen LogP contribution in [0.5, 0.6) is 23.0 Å². The lowest BCUT2D eigenvalue weighted by molar-refractivity contribution is -0.139. The summed E-state index contributed by atoms with van der Waals surface area (Å²) in [5.74, 6) is 0.910. The minimum absolute atomic E-state index is 0.155. The van der Waals surface area contributed by atoms with Crippen molar-refractivity contribution < 1.29 is 32.9 Å². The van der Waals surface area contributed by atoms with Gasteiger partial charge in [-0.05, 0) is 68.3 Å². The van der Waals surface area contributed by atoms with E-state index in [1.807, 2.05) is 6.92 Å². The lowest BCUT2D eigenvalue weighted by atomic mass is 9.94. The first kappa shape index (κ1) is 31.5. The third kappa shape index (κ3) is 6.48. The molecule has 0 N–H and O–H groups in total. The first-order valence-electron chi connectivity index (χ1n) is 14.3. The monoisotopic (exact) mass is 632 g/mol. The molecule has 4 aromatic rings. The van der Waals surface area contributed by atoms with Gasteiger partial charge in [0.2, 0.25) is 0 Å². The molecule has 0 saturated carbocycles. The Balaban J connectivity index is 1.60. The molecule has 0 saturated heterocycles. The first-order chi connectivity index (χ1) is 21.8. The SMILES string of the molecule is CCOC(=O)C1=C(C)N=c2s/c(=C\c3ccc(OCc4cccc(F)c4)c(OC)c3)c(=O)n2[C@@H]1c1cccc(OC)c1OCC. The predicted molar refractivity (Wildman–Crippen MR) is 168 cm³/mol. The largest absolute Gasteiger partial charge is 0.493 e.